The number of piperidine rings is 1. The first kappa shape index (κ1) is 16.3. The van der Waals surface area contributed by atoms with Crippen LogP contribution in [0.25, 0.3) is 0 Å². The molecule has 0 unspecified atom stereocenters. The van der Waals surface area contributed by atoms with Gasteiger partial charge in [-0.05, 0) is 72.9 Å². The molecule has 0 bridgehead atoms. The van der Waals surface area contributed by atoms with E-state index in [1.165, 1.54) is 39.0 Å². The number of likely N-dealkylation sites (tertiary alicyclic amines) is 2. The quantitative estimate of drug-likeness (QED) is 0.791. The van der Waals surface area contributed by atoms with Crippen LogP contribution in [-0.2, 0) is 4.74 Å². The standard InChI is InChI=1S/C17H34N2O/c1-15(2,3)19-13-17(14-19)7-9-18(10-8-17)11-12-20-16(4,5)6/h7-14H2,1-6H3. The van der Waals surface area contributed by atoms with E-state index in [0.717, 1.165) is 13.2 Å². The van der Waals surface area contributed by atoms with Gasteiger partial charge in [-0.25, -0.2) is 0 Å². The van der Waals surface area contributed by atoms with Gasteiger partial charge in [-0.1, -0.05) is 0 Å². The van der Waals surface area contributed by atoms with Crippen LogP contribution >= 0.6 is 0 Å². The molecule has 3 heteroatoms. The van der Waals surface area contributed by atoms with E-state index < -0.39 is 0 Å². The summed E-state index contributed by atoms with van der Waals surface area (Å²) in [6.45, 7) is 20.5. The highest BCUT2D eigenvalue weighted by Crippen LogP contribution is 2.43. The second-order valence-corrected chi connectivity index (χ2v) is 8.83. The summed E-state index contributed by atoms with van der Waals surface area (Å²) in [6, 6.07) is 0. The molecule has 0 atom stereocenters. The van der Waals surface area contributed by atoms with Crippen molar-refractivity contribution >= 4 is 0 Å². The van der Waals surface area contributed by atoms with Gasteiger partial charge in [0.2, 0.25) is 0 Å². The molecule has 3 nitrogen and oxygen atoms in total. The van der Waals surface area contributed by atoms with Gasteiger partial charge in [-0.3, -0.25) is 4.90 Å². The highest BCUT2D eigenvalue weighted by molar-refractivity contribution is 5.01. The largest absolute Gasteiger partial charge is 0.375 e. The zero-order valence-electron chi connectivity index (χ0n) is 14.5. The number of hydrogen-bond acceptors (Lipinski definition) is 3. The molecule has 0 aromatic heterocycles. The molecule has 0 aromatic carbocycles. The molecular formula is C17H34N2O. The second kappa shape index (κ2) is 5.58. The molecule has 20 heavy (non-hydrogen) atoms. The number of ether oxygens (including phenoxy) is 1. The summed E-state index contributed by atoms with van der Waals surface area (Å²) in [4.78, 5) is 5.21. The first-order valence-corrected chi connectivity index (χ1v) is 8.21. The molecule has 0 amide bonds. The van der Waals surface area contributed by atoms with Crippen molar-refractivity contribution in [3.63, 3.8) is 0 Å². The molecule has 0 radical (unpaired) electrons. The van der Waals surface area contributed by atoms with Crippen molar-refractivity contribution in [3.05, 3.63) is 0 Å². The normalized spacial score (nSPS) is 24.9. The van der Waals surface area contributed by atoms with Gasteiger partial charge in [0.05, 0.1) is 12.2 Å². The van der Waals surface area contributed by atoms with E-state index in [-0.39, 0.29) is 5.60 Å². The zero-order valence-corrected chi connectivity index (χ0v) is 14.5. The predicted octanol–water partition coefficient (Wildman–Crippen LogP) is 3.00. The lowest BCUT2D eigenvalue weighted by molar-refractivity contribution is -0.0940. The summed E-state index contributed by atoms with van der Waals surface area (Å²) in [5, 5.41) is 0. The molecule has 118 valence electrons. The minimum absolute atomic E-state index is 0.00179. The van der Waals surface area contributed by atoms with E-state index in [4.69, 9.17) is 4.74 Å². The van der Waals surface area contributed by atoms with E-state index in [2.05, 4.69) is 51.3 Å². The summed E-state index contributed by atoms with van der Waals surface area (Å²) in [5.74, 6) is 0. The van der Waals surface area contributed by atoms with Crippen molar-refractivity contribution in [2.75, 3.05) is 39.3 Å². The maximum atomic E-state index is 5.84. The summed E-state index contributed by atoms with van der Waals surface area (Å²) in [7, 11) is 0. The van der Waals surface area contributed by atoms with Crippen molar-refractivity contribution in [2.45, 2.75) is 65.5 Å². The lowest BCUT2D eigenvalue weighted by Crippen LogP contribution is -2.65. The Hall–Kier alpha value is -0.120. The average molecular weight is 282 g/mol. The van der Waals surface area contributed by atoms with Crippen LogP contribution in [0.4, 0.5) is 0 Å². The molecule has 0 aliphatic carbocycles. The van der Waals surface area contributed by atoms with Crippen molar-refractivity contribution in [2.24, 2.45) is 5.41 Å². The molecule has 0 aromatic rings. The van der Waals surface area contributed by atoms with Crippen molar-refractivity contribution in [1.29, 1.82) is 0 Å². The Bertz CT molecular complexity index is 311. The van der Waals surface area contributed by atoms with Crippen LogP contribution in [0.2, 0.25) is 0 Å². The molecule has 2 rings (SSSR count). The zero-order chi connectivity index (χ0) is 15.0. The Balaban J connectivity index is 1.67. The van der Waals surface area contributed by atoms with E-state index >= 15 is 0 Å². The maximum Gasteiger partial charge on any atom is 0.0600 e. The molecule has 0 N–H and O–H groups in total. The molecule has 2 saturated heterocycles. The van der Waals surface area contributed by atoms with Crippen molar-refractivity contribution < 1.29 is 4.74 Å². The minimum Gasteiger partial charge on any atom is -0.375 e. The fourth-order valence-corrected chi connectivity index (χ4v) is 3.29. The highest BCUT2D eigenvalue weighted by Gasteiger charge is 2.47. The van der Waals surface area contributed by atoms with Gasteiger partial charge in [0.25, 0.3) is 0 Å². The van der Waals surface area contributed by atoms with Gasteiger partial charge in [-0.15, -0.1) is 0 Å². The summed E-state index contributed by atoms with van der Waals surface area (Å²) in [6.07, 6.45) is 2.74. The highest BCUT2D eigenvalue weighted by atomic mass is 16.5. The van der Waals surface area contributed by atoms with Crippen LogP contribution in [-0.4, -0.2) is 60.3 Å². The van der Waals surface area contributed by atoms with Crippen LogP contribution in [0, 0.1) is 5.41 Å². The fraction of sp³-hybridized carbons (Fsp3) is 1.00. The van der Waals surface area contributed by atoms with Crippen LogP contribution < -0.4 is 0 Å². The van der Waals surface area contributed by atoms with E-state index in [9.17, 15) is 0 Å². The second-order valence-electron chi connectivity index (χ2n) is 8.83. The van der Waals surface area contributed by atoms with Gasteiger partial charge < -0.3 is 9.64 Å². The van der Waals surface area contributed by atoms with Gasteiger partial charge in [0.1, 0.15) is 0 Å². The van der Waals surface area contributed by atoms with Gasteiger partial charge in [-0.2, -0.15) is 0 Å². The fourth-order valence-electron chi connectivity index (χ4n) is 3.29. The third kappa shape index (κ3) is 4.19. The lowest BCUT2D eigenvalue weighted by Gasteiger charge is -2.58. The number of nitrogens with zero attached hydrogens (tertiary/aromatic N) is 2. The van der Waals surface area contributed by atoms with E-state index in [1.807, 2.05) is 0 Å². The smallest absolute Gasteiger partial charge is 0.0600 e. The molecule has 2 fully saturated rings. The van der Waals surface area contributed by atoms with E-state index in [0.29, 0.717) is 11.0 Å². The van der Waals surface area contributed by atoms with Crippen LogP contribution in [0.1, 0.15) is 54.4 Å². The average Bonchev–Trinajstić information content (AvgIpc) is 2.24. The Morgan fingerprint density at radius 2 is 1.50 bits per heavy atom. The Kier molecular flexibility index (Phi) is 4.54. The molecule has 2 aliphatic heterocycles. The number of rotatable bonds is 3. The summed E-state index contributed by atoms with van der Waals surface area (Å²) in [5.41, 5.74) is 0.982. The third-order valence-corrected chi connectivity index (χ3v) is 4.86. The molecule has 2 heterocycles. The van der Waals surface area contributed by atoms with Crippen molar-refractivity contribution in [3.8, 4) is 0 Å². The maximum absolute atomic E-state index is 5.84. The van der Waals surface area contributed by atoms with Gasteiger partial charge >= 0.3 is 0 Å². The topological polar surface area (TPSA) is 15.7 Å². The minimum atomic E-state index is -0.00179. The number of hydrogen-bond donors (Lipinski definition) is 0. The van der Waals surface area contributed by atoms with Crippen LogP contribution in [0.5, 0.6) is 0 Å². The molecule has 0 saturated carbocycles. The first-order valence-electron chi connectivity index (χ1n) is 8.21. The van der Waals surface area contributed by atoms with Crippen molar-refractivity contribution in [1.82, 2.24) is 9.80 Å². The first-order chi connectivity index (χ1) is 9.10. The van der Waals surface area contributed by atoms with E-state index in [1.54, 1.807) is 0 Å². The SMILES string of the molecule is CC(C)(C)OCCN1CCC2(CC1)CN(C(C)(C)C)C2. The third-order valence-electron chi connectivity index (χ3n) is 4.86. The Morgan fingerprint density at radius 3 is 1.95 bits per heavy atom. The van der Waals surface area contributed by atoms with Crippen LogP contribution in [0.15, 0.2) is 0 Å². The predicted molar refractivity (Wildman–Crippen MR) is 85.1 cm³/mol. The lowest BCUT2D eigenvalue weighted by atomic mass is 9.70. The molecule has 2 aliphatic rings. The monoisotopic (exact) mass is 282 g/mol. The van der Waals surface area contributed by atoms with Gasteiger partial charge in [0, 0.05) is 25.2 Å². The van der Waals surface area contributed by atoms with Crippen LogP contribution in [0.3, 0.4) is 0 Å². The molecular weight excluding hydrogens is 248 g/mol. The Morgan fingerprint density at radius 1 is 0.950 bits per heavy atom. The van der Waals surface area contributed by atoms with Gasteiger partial charge in [0.15, 0.2) is 0 Å². The Labute approximate surface area is 125 Å². The summed E-state index contributed by atoms with van der Waals surface area (Å²) < 4.78 is 5.84. The summed E-state index contributed by atoms with van der Waals surface area (Å²) >= 11 is 0. The molecule has 1 spiro atoms.